The van der Waals surface area contributed by atoms with Gasteiger partial charge < -0.3 is 14.8 Å². The Morgan fingerprint density at radius 3 is 2.76 bits per heavy atom. The maximum absolute atomic E-state index is 5.37. The number of benzene rings is 1. The van der Waals surface area contributed by atoms with Crippen molar-refractivity contribution in [2.45, 2.75) is 32.7 Å². The van der Waals surface area contributed by atoms with Crippen molar-refractivity contribution in [1.82, 2.24) is 5.32 Å². The Hall–Kier alpha value is -0.740. The molecule has 0 unspecified atom stereocenters. The summed E-state index contributed by atoms with van der Waals surface area (Å²) in [5.74, 6) is 1.67. The fourth-order valence-electron chi connectivity index (χ4n) is 1.82. The van der Waals surface area contributed by atoms with Crippen LogP contribution in [0, 0.1) is 0 Å². The van der Waals surface area contributed by atoms with Gasteiger partial charge in [0.25, 0.3) is 0 Å². The number of unbranched alkanes of at least 4 members (excludes halogenated alkanes) is 2. The molecule has 1 N–H and O–H groups in total. The second-order valence-corrected chi connectivity index (χ2v) is 5.04. The molecule has 0 aromatic heterocycles. The van der Waals surface area contributed by atoms with E-state index >= 15 is 0 Å². The molecule has 0 atom stereocenters. The standard InChI is InChI=1S/C13H18BrNO2/c1-2-3-4-5-15-8-10-6-12-13(7-11(10)14)17-9-16-12/h6-7,15H,2-5,8-9H2,1H3. The molecule has 1 aromatic carbocycles. The van der Waals surface area contributed by atoms with E-state index in [9.17, 15) is 0 Å². The van der Waals surface area contributed by atoms with E-state index in [1.54, 1.807) is 0 Å². The van der Waals surface area contributed by atoms with Gasteiger partial charge in [-0.1, -0.05) is 35.7 Å². The molecule has 4 heteroatoms. The summed E-state index contributed by atoms with van der Waals surface area (Å²) in [5, 5.41) is 3.44. The Bertz CT molecular complexity index is 382. The zero-order valence-corrected chi connectivity index (χ0v) is 11.7. The summed E-state index contributed by atoms with van der Waals surface area (Å²) in [6, 6.07) is 4.02. The van der Waals surface area contributed by atoms with Crippen LogP contribution in [0.1, 0.15) is 31.7 Å². The second kappa shape index (κ2) is 6.26. The van der Waals surface area contributed by atoms with E-state index in [2.05, 4.69) is 28.2 Å². The lowest BCUT2D eigenvalue weighted by Crippen LogP contribution is -2.14. The van der Waals surface area contributed by atoms with Crippen molar-refractivity contribution in [3.05, 3.63) is 22.2 Å². The summed E-state index contributed by atoms with van der Waals surface area (Å²) in [5.41, 5.74) is 1.21. The number of hydrogen-bond acceptors (Lipinski definition) is 3. The van der Waals surface area contributed by atoms with Gasteiger partial charge in [0.1, 0.15) is 0 Å². The molecule has 1 aromatic rings. The van der Waals surface area contributed by atoms with Crippen LogP contribution in [0.2, 0.25) is 0 Å². The SMILES string of the molecule is CCCCCNCc1cc2c(cc1Br)OCO2. The first-order chi connectivity index (χ1) is 8.31. The normalized spacial score (nSPS) is 13.1. The number of nitrogens with one attached hydrogen (secondary N) is 1. The lowest BCUT2D eigenvalue weighted by Gasteiger charge is -2.08. The number of halogens is 1. The molecule has 1 heterocycles. The van der Waals surface area contributed by atoms with Crippen LogP contribution in [0.5, 0.6) is 11.5 Å². The van der Waals surface area contributed by atoms with Crippen molar-refractivity contribution in [2.75, 3.05) is 13.3 Å². The minimum Gasteiger partial charge on any atom is -0.454 e. The van der Waals surface area contributed by atoms with Crippen LogP contribution in [-0.4, -0.2) is 13.3 Å². The lowest BCUT2D eigenvalue weighted by atomic mass is 10.2. The van der Waals surface area contributed by atoms with Gasteiger partial charge in [-0.3, -0.25) is 0 Å². The molecule has 0 amide bonds. The highest BCUT2D eigenvalue weighted by Crippen LogP contribution is 2.36. The van der Waals surface area contributed by atoms with E-state index in [0.29, 0.717) is 6.79 Å². The molecule has 1 aliphatic heterocycles. The second-order valence-electron chi connectivity index (χ2n) is 4.18. The third-order valence-corrected chi connectivity index (χ3v) is 3.55. The predicted molar refractivity (Wildman–Crippen MR) is 71.5 cm³/mol. The smallest absolute Gasteiger partial charge is 0.231 e. The number of rotatable bonds is 6. The third kappa shape index (κ3) is 3.36. The summed E-state index contributed by atoms with van der Waals surface area (Å²) in [6.45, 7) is 4.47. The highest BCUT2D eigenvalue weighted by atomic mass is 79.9. The fraction of sp³-hybridized carbons (Fsp3) is 0.538. The van der Waals surface area contributed by atoms with Crippen molar-refractivity contribution in [1.29, 1.82) is 0 Å². The average molecular weight is 300 g/mol. The molecule has 0 saturated carbocycles. The zero-order chi connectivity index (χ0) is 12.1. The van der Waals surface area contributed by atoms with Gasteiger partial charge in [0.2, 0.25) is 6.79 Å². The average Bonchev–Trinajstić information content (AvgIpc) is 2.76. The molecule has 0 aliphatic carbocycles. The molecule has 3 nitrogen and oxygen atoms in total. The van der Waals surface area contributed by atoms with Crippen molar-refractivity contribution in [3.63, 3.8) is 0 Å². The molecular weight excluding hydrogens is 282 g/mol. The Morgan fingerprint density at radius 1 is 1.24 bits per heavy atom. The van der Waals surface area contributed by atoms with E-state index in [-0.39, 0.29) is 0 Å². The van der Waals surface area contributed by atoms with Crippen LogP contribution >= 0.6 is 15.9 Å². The van der Waals surface area contributed by atoms with Gasteiger partial charge in [-0.2, -0.15) is 0 Å². The Balaban J connectivity index is 1.88. The molecular formula is C13H18BrNO2. The van der Waals surface area contributed by atoms with E-state index in [1.165, 1.54) is 24.8 Å². The zero-order valence-electron chi connectivity index (χ0n) is 10.1. The highest BCUT2D eigenvalue weighted by molar-refractivity contribution is 9.10. The fourth-order valence-corrected chi connectivity index (χ4v) is 2.28. The first-order valence-electron chi connectivity index (χ1n) is 6.10. The maximum atomic E-state index is 5.37. The molecule has 94 valence electrons. The largest absolute Gasteiger partial charge is 0.454 e. The summed E-state index contributed by atoms with van der Waals surface area (Å²) in [6.07, 6.45) is 3.78. The number of hydrogen-bond donors (Lipinski definition) is 1. The highest BCUT2D eigenvalue weighted by Gasteiger charge is 2.15. The summed E-state index contributed by atoms with van der Waals surface area (Å²) in [4.78, 5) is 0. The molecule has 17 heavy (non-hydrogen) atoms. The van der Waals surface area contributed by atoms with E-state index in [0.717, 1.165) is 29.1 Å². The van der Waals surface area contributed by atoms with Gasteiger partial charge >= 0.3 is 0 Å². The third-order valence-electron chi connectivity index (χ3n) is 2.81. The van der Waals surface area contributed by atoms with Crippen molar-refractivity contribution >= 4 is 15.9 Å². The Morgan fingerprint density at radius 2 is 2.00 bits per heavy atom. The molecule has 2 rings (SSSR count). The number of fused-ring (bicyclic) bond motifs is 1. The monoisotopic (exact) mass is 299 g/mol. The van der Waals surface area contributed by atoms with Crippen LogP contribution in [0.25, 0.3) is 0 Å². The molecule has 1 aliphatic rings. The van der Waals surface area contributed by atoms with Crippen LogP contribution in [0.3, 0.4) is 0 Å². The number of ether oxygens (including phenoxy) is 2. The molecule has 0 spiro atoms. The lowest BCUT2D eigenvalue weighted by molar-refractivity contribution is 0.174. The van der Waals surface area contributed by atoms with Gasteiger partial charge in [0.15, 0.2) is 11.5 Å². The Kier molecular flexibility index (Phi) is 4.68. The summed E-state index contributed by atoms with van der Waals surface area (Å²) in [7, 11) is 0. The van der Waals surface area contributed by atoms with Crippen molar-refractivity contribution < 1.29 is 9.47 Å². The van der Waals surface area contributed by atoms with Gasteiger partial charge in [-0.05, 0) is 30.7 Å². The predicted octanol–water partition coefficient (Wildman–Crippen LogP) is 3.46. The van der Waals surface area contributed by atoms with Crippen LogP contribution < -0.4 is 14.8 Å². The van der Waals surface area contributed by atoms with Crippen molar-refractivity contribution in [3.8, 4) is 11.5 Å². The van der Waals surface area contributed by atoms with Gasteiger partial charge in [-0.25, -0.2) is 0 Å². The minimum atomic E-state index is 0.329. The molecule has 0 bridgehead atoms. The maximum Gasteiger partial charge on any atom is 0.231 e. The van der Waals surface area contributed by atoms with Gasteiger partial charge in [-0.15, -0.1) is 0 Å². The molecule has 0 fully saturated rings. The van der Waals surface area contributed by atoms with Gasteiger partial charge in [0.05, 0.1) is 0 Å². The summed E-state index contributed by atoms with van der Waals surface area (Å²) >= 11 is 3.56. The topological polar surface area (TPSA) is 30.5 Å². The van der Waals surface area contributed by atoms with E-state index in [1.807, 2.05) is 12.1 Å². The van der Waals surface area contributed by atoms with Crippen LogP contribution in [0.15, 0.2) is 16.6 Å². The molecule has 0 saturated heterocycles. The minimum absolute atomic E-state index is 0.329. The van der Waals surface area contributed by atoms with E-state index in [4.69, 9.17) is 9.47 Å². The Labute approximate surface area is 111 Å². The van der Waals surface area contributed by atoms with Crippen LogP contribution in [0.4, 0.5) is 0 Å². The summed E-state index contributed by atoms with van der Waals surface area (Å²) < 4.78 is 11.8. The van der Waals surface area contributed by atoms with Gasteiger partial charge in [0, 0.05) is 11.0 Å². The first-order valence-corrected chi connectivity index (χ1v) is 6.89. The first kappa shape index (κ1) is 12.7. The van der Waals surface area contributed by atoms with Crippen LogP contribution in [-0.2, 0) is 6.54 Å². The molecule has 0 radical (unpaired) electrons. The van der Waals surface area contributed by atoms with Crippen molar-refractivity contribution in [2.24, 2.45) is 0 Å². The quantitative estimate of drug-likeness (QED) is 0.816. The van der Waals surface area contributed by atoms with E-state index < -0.39 is 0 Å².